The van der Waals surface area contributed by atoms with Gasteiger partial charge in [0.1, 0.15) is 17.4 Å². The standard InChI is InChI=1S/C20H17N5O2/c1-2-27-17-9-6-15(7-10-17)8-11-19(26)24-20-16(13-21)14-23-25(20)18-5-3-4-12-22-18/h3-12,14H,2H2,1H3,(H,24,26)/b11-8+. The van der Waals surface area contributed by atoms with Gasteiger partial charge in [0, 0.05) is 12.3 Å². The van der Waals surface area contributed by atoms with Crippen molar-refractivity contribution in [2.75, 3.05) is 11.9 Å². The first-order valence-electron chi connectivity index (χ1n) is 8.32. The number of ether oxygens (including phenoxy) is 1. The molecule has 1 amide bonds. The molecule has 0 atom stereocenters. The number of pyridine rings is 1. The number of nitrogens with zero attached hydrogens (tertiary/aromatic N) is 4. The third-order valence-electron chi connectivity index (χ3n) is 3.62. The third kappa shape index (κ3) is 4.38. The summed E-state index contributed by atoms with van der Waals surface area (Å²) in [7, 11) is 0. The van der Waals surface area contributed by atoms with Gasteiger partial charge in [0.15, 0.2) is 11.6 Å². The Bertz CT molecular complexity index is 985. The Kier molecular flexibility index (Phi) is 5.60. The van der Waals surface area contributed by atoms with Crippen LogP contribution in [0.25, 0.3) is 11.9 Å². The van der Waals surface area contributed by atoms with Crippen LogP contribution >= 0.6 is 0 Å². The van der Waals surface area contributed by atoms with Crippen molar-refractivity contribution in [1.29, 1.82) is 5.26 Å². The van der Waals surface area contributed by atoms with Crippen molar-refractivity contribution in [1.82, 2.24) is 14.8 Å². The minimum absolute atomic E-state index is 0.253. The molecule has 0 saturated heterocycles. The second-order valence-corrected chi connectivity index (χ2v) is 5.44. The molecule has 3 rings (SSSR count). The van der Waals surface area contributed by atoms with Crippen molar-refractivity contribution in [3.8, 4) is 17.6 Å². The topological polar surface area (TPSA) is 92.8 Å². The Balaban J connectivity index is 1.76. The number of nitriles is 1. The van der Waals surface area contributed by atoms with E-state index >= 15 is 0 Å². The van der Waals surface area contributed by atoms with Crippen LogP contribution in [0.5, 0.6) is 5.75 Å². The van der Waals surface area contributed by atoms with Crippen LogP contribution in [-0.4, -0.2) is 27.3 Å². The number of rotatable bonds is 6. The molecule has 134 valence electrons. The van der Waals surface area contributed by atoms with Gasteiger partial charge in [0.25, 0.3) is 0 Å². The van der Waals surface area contributed by atoms with Gasteiger partial charge in [-0.25, -0.2) is 4.98 Å². The Hall–Kier alpha value is -3.92. The molecule has 0 radical (unpaired) electrons. The van der Waals surface area contributed by atoms with E-state index < -0.39 is 0 Å². The number of nitrogens with one attached hydrogen (secondary N) is 1. The minimum Gasteiger partial charge on any atom is -0.494 e. The fourth-order valence-corrected chi connectivity index (χ4v) is 2.38. The van der Waals surface area contributed by atoms with Crippen LogP contribution in [0.4, 0.5) is 5.82 Å². The minimum atomic E-state index is -0.377. The van der Waals surface area contributed by atoms with E-state index in [0.29, 0.717) is 12.4 Å². The van der Waals surface area contributed by atoms with E-state index in [1.165, 1.54) is 17.0 Å². The normalized spacial score (nSPS) is 10.5. The van der Waals surface area contributed by atoms with Crippen molar-refractivity contribution >= 4 is 17.8 Å². The molecule has 2 aromatic heterocycles. The van der Waals surface area contributed by atoms with Crippen LogP contribution in [0.15, 0.2) is 60.9 Å². The largest absolute Gasteiger partial charge is 0.494 e. The monoisotopic (exact) mass is 359 g/mol. The molecule has 7 nitrogen and oxygen atoms in total. The highest BCUT2D eigenvalue weighted by atomic mass is 16.5. The van der Waals surface area contributed by atoms with Gasteiger partial charge in [0.05, 0.1) is 12.8 Å². The molecule has 0 aliphatic carbocycles. The van der Waals surface area contributed by atoms with Gasteiger partial charge in [-0.3, -0.25) is 4.79 Å². The lowest BCUT2D eigenvalue weighted by atomic mass is 10.2. The summed E-state index contributed by atoms with van der Waals surface area (Å²) < 4.78 is 6.81. The summed E-state index contributed by atoms with van der Waals surface area (Å²) in [6.07, 6.45) is 6.08. The molecule has 0 bridgehead atoms. The Labute approximate surface area is 156 Å². The average Bonchev–Trinajstić information content (AvgIpc) is 3.11. The maximum Gasteiger partial charge on any atom is 0.249 e. The molecule has 0 fully saturated rings. The first kappa shape index (κ1) is 17.9. The lowest BCUT2D eigenvalue weighted by molar-refractivity contribution is -0.111. The first-order valence-corrected chi connectivity index (χ1v) is 8.32. The SMILES string of the molecule is CCOc1ccc(/C=C/C(=O)Nc2c(C#N)cnn2-c2ccccn2)cc1. The Morgan fingerprint density at radius 1 is 1.30 bits per heavy atom. The van der Waals surface area contributed by atoms with E-state index in [1.807, 2.05) is 37.3 Å². The van der Waals surface area contributed by atoms with E-state index in [0.717, 1.165) is 11.3 Å². The molecule has 2 heterocycles. The molecule has 0 unspecified atom stereocenters. The van der Waals surface area contributed by atoms with E-state index in [4.69, 9.17) is 4.74 Å². The Morgan fingerprint density at radius 2 is 2.11 bits per heavy atom. The molecule has 1 N–H and O–H groups in total. The fourth-order valence-electron chi connectivity index (χ4n) is 2.38. The average molecular weight is 359 g/mol. The molecule has 7 heteroatoms. The number of amides is 1. The number of hydrogen-bond donors (Lipinski definition) is 1. The molecule has 0 saturated carbocycles. The van der Waals surface area contributed by atoms with Crippen molar-refractivity contribution in [2.45, 2.75) is 6.92 Å². The number of carbonyl (C=O) groups excluding carboxylic acids is 1. The molecule has 3 aromatic rings. The summed E-state index contributed by atoms with van der Waals surface area (Å²) in [6, 6.07) is 14.7. The van der Waals surface area contributed by atoms with Gasteiger partial charge in [0.2, 0.25) is 5.91 Å². The highest BCUT2D eigenvalue weighted by Crippen LogP contribution is 2.18. The highest BCUT2D eigenvalue weighted by Gasteiger charge is 2.14. The molecular formula is C20H17N5O2. The van der Waals surface area contributed by atoms with Crippen LogP contribution in [0.3, 0.4) is 0 Å². The number of carbonyl (C=O) groups is 1. The molecule has 0 aliphatic rings. The molecule has 27 heavy (non-hydrogen) atoms. The van der Waals surface area contributed by atoms with Crippen molar-refractivity contribution in [3.05, 3.63) is 72.1 Å². The predicted octanol–water partition coefficient (Wildman–Crippen LogP) is 3.19. The summed E-state index contributed by atoms with van der Waals surface area (Å²) >= 11 is 0. The van der Waals surface area contributed by atoms with Gasteiger partial charge in [-0.05, 0) is 42.8 Å². The lowest BCUT2D eigenvalue weighted by Gasteiger charge is -2.07. The molecular weight excluding hydrogens is 342 g/mol. The Morgan fingerprint density at radius 3 is 2.78 bits per heavy atom. The van der Waals surface area contributed by atoms with Crippen molar-refractivity contribution in [3.63, 3.8) is 0 Å². The summed E-state index contributed by atoms with van der Waals surface area (Å²) in [5.41, 5.74) is 1.11. The zero-order chi connectivity index (χ0) is 19.1. The van der Waals surface area contributed by atoms with Crippen molar-refractivity contribution in [2.24, 2.45) is 0 Å². The second kappa shape index (κ2) is 8.45. The maximum atomic E-state index is 12.3. The zero-order valence-electron chi connectivity index (χ0n) is 14.7. The zero-order valence-corrected chi connectivity index (χ0v) is 14.7. The van der Waals surface area contributed by atoms with Crippen LogP contribution in [0.1, 0.15) is 18.1 Å². The predicted molar refractivity (Wildman–Crippen MR) is 101 cm³/mol. The molecule has 0 spiro atoms. The highest BCUT2D eigenvalue weighted by molar-refractivity contribution is 6.02. The van der Waals surface area contributed by atoms with Crippen LogP contribution < -0.4 is 10.1 Å². The van der Waals surface area contributed by atoms with E-state index in [1.54, 1.807) is 30.5 Å². The van der Waals surface area contributed by atoms with Crippen LogP contribution in [0, 0.1) is 11.3 Å². The molecule has 0 aliphatic heterocycles. The fraction of sp³-hybridized carbons (Fsp3) is 0.100. The smallest absolute Gasteiger partial charge is 0.249 e. The summed E-state index contributed by atoms with van der Waals surface area (Å²) in [4.78, 5) is 16.5. The second-order valence-electron chi connectivity index (χ2n) is 5.44. The lowest BCUT2D eigenvalue weighted by Crippen LogP contribution is -2.13. The van der Waals surface area contributed by atoms with Gasteiger partial charge in [-0.1, -0.05) is 18.2 Å². The number of hydrogen-bond acceptors (Lipinski definition) is 5. The van der Waals surface area contributed by atoms with Crippen LogP contribution in [0.2, 0.25) is 0 Å². The number of benzene rings is 1. The first-order chi connectivity index (χ1) is 13.2. The van der Waals surface area contributed by atoms with E-state index in [-0.39, 0.29) is 17.3 Å². The summed E-state index contributed by atoms with van der Waals surface area (Å²) in [5.74, 6) is 1.18. The summed E-state index contributed by atoms with van der Waals surface area (Å²) in [5, 5.41) is 16.1. The molecule has 1 aromatic carbocycles. The quantitative estimate of drug-likeness (QED) is 0.682. The van der Waals surface area contributed by atoms with Gasteiger partial charge in [-0.2, -0.15) is 15.0 Å². The van der Waals surface area contributed by atoms with Gasteiger partial charge in [-0.15, -0.1) is 0 Å². The van der Waals surface area contributed by atoms with E-state index in [9.17, 15) is 10.1 Å². The van der Waals surface area contributed by atoms with Crippen molar-refractivity contribution < 1.29 is 9.53 Å². The van der Waals surface area contributed by atoms with Gasteiger partial charge >= 0.3 is 0 Å². The van der Waals surface area contributed by atoms with Gasteiger partial charge < -0.3 is 10.1 Å². The number of anilines is 1. The summed E-state index contributed by atoms with van der Waals surface area (Å²) in [6.45, 7) is 2.52. The third-order valence-corrected chi connectivity index (χ3v) is 3.62. The van der Waals surface area contributed by atoms with Crippen LogP contribution in [-0.2, 0) is 4.79 Å². The number of aromatic nitrogens is 3. The van der Waals surface area contributed by atoms with E-state index in [2.05, 4.69) is 15.4 Å². The maximum absolute atomic E-state index is 12.3.